The highest BCUT2D eigenvalue weighted by atomic mass is 79.9. The molecule has 1 unspecified atom stereocenters. The van der Waals surface area contributed by atoms with Crippen molar-refractivity contribution in [3.63, 3.8) is 0 Å². The molecule has 2 aromatic rings. The number of aliphatic hydroxyl groups excluding tert-OH is 1. The lowest BCUT2D eigenvalue weighted by molar-refractivity contribution is 0.0653. The third kappa shape index (κ3) is 2.45. The van der Waals surface area contributed by atoms with E-state index in [1.54, 1.807) is 6.07 Å². The molecule has 0 radical (unpaired) electrons. The summed E-state index contributed by atoms with van der Waals surface area (Å²) in [6, 6.07) is 10.3. The minimum Gasteiger partial charge on any atom is -0.485 e. The molecule has 2 atom stereocenters. The van der Waals surface area contributed by atoms with Crippen LogP contribution in [0.1, 0.15) is 35.3 Å². The fraction of sp³-hybridized carbons (Fsp3) is 0.250. The first-order valence-electron chi connectivity index (χ1n) is 6.45. The van der Waals surface area contributed by atoms with Gasteiger partial charge in [0.2, 0.25) is 0 Å². The van der Waals surface area contributed by atoms with Crippen LogP contribution in [0.15, 0.2) is 40.9 Å². The quantitative estimate of drug-likeness (QED) is 0.833. The fourth-order valence-electron chi connectivity index (χ4n) is 2.43. The number of ether oxygens (including phenoxy) is 1. The van der Waals surface area contributed by atoms with Gasteiger partial charge in [0, 0.05) is 16.5 Å². The van der Waals surface area contributed by atoms with Crippen LogP contribution in [-0.2, 0) is 0 Å². The fourth-order valence-corrected chi connectivity index (χ4v) is 2.83. The normalized spacial score (nSPS) is 21.2. The number of aliphatic hydroxyl groups is 1. The Kier molecular flexibility index (Phi) is 3.52. The molecule has 1 N–H and O–H groups in total. The molecule has 0 aliphatic carbocycles. The Labute approximate surface area is 125 Å². The van der Waals surface area contributed by atoms with Gasteiger partial charge in [-0.05, 0) is 42.3 Å². The molecule has 0 bridgehead atoms. The topological polar surface area (TPSA) is 29.5 Å². The van der Waals surface area contributed by atoms with Crippen molar-refractivity contribution < 1.29 is 14.2 Å². The monoisotopic (exact) mass is 336 g/mol. The van der Waals surface area contributed by atoms with Crippen LogP contribution in [0.25, 0.3) is 0 Å². The molecule has 0 aromatic heterocycles. The first-order valence-corrected chi connectivity index (χ1v) is 7.24. The molecule has 20 heavy (non-hydrogen) atoms. The first-order chi connectivity index (χ1) is 9.54. The summed E-state index contributed by atoms with van der Waals surface area (Å²) in [5.74, 6) is 0.190. The summed E-state index contributed by atoms with van der Waals surface area (Å²) in [5.41, 5.74) is 2.66. The minimum absolute atomic E-state index is 0.222. The van der Waals surface area contributed by atoms with Crippen LogP contribution >= 0.6 is 15.9 Å². The number of rotatable bonds is 1. The molecule has 104 valence electrons. The molecule has 4 heteroatoms. The molecule has 1 aliphatic heterocycles. The van der Waals surface area contributed by atoms with Crippen molar-refractivity contribution in [2.45, 2.75) is 25.6 Å². The smallest absolute Gasteiger partial charge is 0.127 e. The number of hydrogen-bond acceptors (Lipinski definition) is 2. The Morgan fingerprint density at radius 2 is 2.05 bits per heavy atom. The summed E-state index contributed by atoms with van der Waals surface area (Å²) in [6.45, 7) is 2.02. The van der Waals surface area contributed by atoms with Crippen LogP contribution in [0.2, 0.25) is 0 Å². The van der Waals surface area contributed by atoms with Crippen LogP contribution in [0.3, 0.4) is 0 Å². The first kappa shape index (κ1) is 13.6. The van der Waals surface area contributed by atoms with Gasteiger partial charge in [-0.15, -0.1) is 0 Å². The standard InChI is InChI=1S/C16H14BrFO2/c1-9-2-3-10(6-13(9)17)16-8-14(19)12-7-11(18)4-5-15(12)20-16/h2-7,14,16,19H,8H2,1H3/t14-,16?/m1/s1. The number of hydrogen-bond donors (Lipinski definition) is 1. The Bertz CT molecular complexity index is 657. The average Bonchev–Trinajstić information content (AvgIpc) is 2.42. The molecule has 0 fully saturated rings. The van der Waals surface area contributed by atoms with Crippen LogP contribution in [0.5, 0.6) is 5.75 Å². The molecule has 1 heterocycles. The summed E-state index contributed by atoms with van der Waals surface area (Å²) >= 11 is 3.50. The summed E-state index contributed by atoms with van der Waals surface area (Å²) in [6.07, 6.45) is -0.509. The number of benzene rings is 2. The van der Waals surface area contributed by atoms with Crippen LogP contribution < -0.4 is 4.74 Å². The van der Waals surface area contributed by atoms with Gasteiger partial charge >= 0.3 is 0 Å². The lowest BCUT2D eigenvalue weighted by Gasteiger charge is -2.30. The summed E-state index contributed by atoms with van der Waals surface area (Å²) in [5, 5.41) is 10.2. The molecular formula is C16H14BrFO2. The summed E-state index contributed by atoms with van der Waals surface area (Å²) in [7, 11) is 0. The van der Waals surface area contributed by atoms with Gasteiger partial charge < -0.3 is 9.84 Å². The van der Waals surface area contributed by atoms with E-state index in [2.05, 4.69) is 15.9 Å². The van der Waals surface area contributed by atoms with Crippen molar-refractivity contribution in [3.8, 4) is 5.75 Å². The number of fused-ring (bicyclic) bond motifs is 1. The van der Waals surface area contributed by atoms with Crippen molar-refractivity contribution >= 4 is 15.9 Å². The molecule has 0 spiro atoms. The lowest BCUT2D eigenvalue weighted by Crippen LogP contribution is -2.19. The lowest BCUT2D eigenvalue weighted by atomic mass is 9.94. The highest BCUT2D eigenvalue weighted by molar-refractivity contribution is 9.10. The van der Waals surface area contributed by atoms with Crippen molar-refractivity contribution in [1.82, 2.24) is 0 Å². The average molecular weight is 337 g/mol. The Morgan fingerprint density at radius 1 is 1.25 bits per heavy atom. The van der Waals surface area contributed by atoms with Gasteiger partial charge in [0.15, 0.2) is 0 Å². The Morgan fingerprint density at radius 3 is 2.80 bits per heavy atom. The highest BCUT2D eigenvalue weighted by Gasteiger charge is 2.28. The molecule has 2 aromatic carbocycles. The predicted octanol–water partition coefficient (Wildman–Crippen LogP) is 4.45. The zero-order chi connectivity index (χ0) is 14.3. The molecular weight excluding hydrogens is 323 g/mol. The van der Waals surface area contributed by atoms with Gasteiger partial charge in [-0.1, -0.05) is 28.1 Å². The van der Waals surface area contributed by atoms with Gasteiger partial charge in [-0.2, -0.15) is 0 Å². The predicted molar refractivity (Wildman–Crippen MR) is 78.2 cm³/mol. The van der Waals surface area contributed by atoms with Crippen LogP contribution in [-0.4, -0.2) is 5.11 Å². The maximum absolute atomic E-state index is 13.2. The van der Waals surface area contributed by atoms with Crippen LogP contribution in [0, 0.1) is 12.7 Å². The van der Waals surface area contributed by atoms with E-state index >= 15 is 0 Å². The maximum atomic E-state index is 13.2. The SMILES string of the molecule is Cc1ccc(C2C[C@@H](O)c3cc(F)ccc3O2)cc1Br. The van der Waals surface area contributed by atoms with E-state index in [9.17, 15) is 9.50 Å². The van der Waals surface area contributed by atoms with Gasteiger partial charge in [-0.25, -0.2) is 4.39 Å². The number of halogens is 2. The van der Waals surface area contributed by atoms with E-state index < -0.39 is 6.10 Å². The summed E-state index contributed by atoms with van der Waals surface area (Å²) in [4.78, 5) is 0. The maximum Gasteiger partial charge on any atom is 0.127 e. The Hall–Kier alpha value is -1.39. The van der Waals surface area contributed by atoms with E-state index in [1.165, 1.54) is 12.1 Å². The van der Waals surface area contributed by atoms with E-state index in [4.69, 9.17) is 4.74 Å². The zero-order valence-electron chi connectivity index (χ0n) is 10.9. The number of aryl methyl sites for hydroxylation is 1. The van der Waals surface area contributed by atoms with E-state index in [0.29, 0.717) is 17.7 Å². The van der Waals surface area contributed by atoms with Crippen molar-refractivity contribution in [1.29, 1.82) is 0 Å². The Balaban J connectivity index is 1.94. The summed E-state index contributed by atoms with van der Waals surface area (Å²) < 4.78 is 20.1. The second kappa shape index (κ2) is 5.19. The van der Waals surface area contributed by atoms with Crippen LogP contribution in [0.4, 0.5) is 4.39 Å². The van der Waals surface area contributed by atoms with E-state index in [0.717, 1.165) is 15.6 Å². The molecule has 0 saturated carbocycles. The second-order valence-electron chi connectivity index (χ2n) is 5.05. The van der Waals surface area contributed by atoms with Gasteiger partial charge in [0.1, 0.15) is 17.7 Å². The van der Waals surface area contributed by atoms with E-state index in [-0.39, 0.29) is 11.9 Å². The molecule has 0 amide bonds. The van der Waals surface area contributed by atoms with Crippen molar-refractivity contribution in [2.24, 2.45) is 0 Å². The third-order valence-corrected chi connectivity index (χ3v) is 4.46. The largest absolute Gasteiger partial charge is 0.485 e. The van der Waals surface area contributed by atoms with Crippen molar-refractivity contribution in [3.05, 3.63) is 63.4 Å². The molecule has 2 nitrogen and oxygen atoms in total. The zero-order valence-corrected chi connectivity index (χ0v) is 12.5. The van der Waals surface area contributed by atoms with Gasteiger partial charge in [0.05, 0.1) is 6.10 Å². The second-order valence-corrected chi connectivity index (χ2v) is 5.90. The van der Waals surface area contributed by atoms with Gasteiger partial charge in [-0.3, -0.25) is 0 Å². The third-order valence-electron chi connectivity index (χ3n) is 3.61. The van der Waals surface area contributed by atoms with Gasteiger partial charge in [0.25, 0.3) is 0 Å². The molecule has 3 rings (SSSR count). The van der Waals surface area contributed by atoms with Crippen molar-refractivity contribution in [2.75, 3.05) is 0 Å². The minimum atomic E-state index is -0.709. The highest BCUT2D eigenvalue weighted by Crippen LogP contribution is 2.41. The molecule has 1 aliphatic rings. The van der Waals surface area contributed by atoms with E-state index in [1.807, 2.05) is 25.1 Å². The molecule has 0 saturated heterocycles.